The topological polar surface area (TPSA) is 79.0 Å². The van der Waals surface area contributed by atoms with Gasteiger partial charge in [-0.25, -0.2) is 4.79 Å². The van der Waals surface area contributed by atoms with Crippen LogP contribution in [-0.2, 0) is 15.1 Å². The van der Waals surface area contributed by atoms with E-state index in [1.807, 2.05) is 27.7 Å². The Kier molecular flexibility index (Phi) is 6.15. The van der Waals surface area contributed by atoms with Gasteiger partial charge in [0.05, 0.1) is 0 Å². The monoisotopic (exact) mass is 415 g/mol. The minimum absolute atomic E-state index is 0.115. The molecular weight excluding hydrogens is 391 g/mol. The second-order valence-electron chi connectivity index (χ2n) is 7.51. The molecule has 1 saturated heterocycles. The number of benzene rings is 1. The van der Waals surface area contributed by atoms with Crippen molar-refractivity contribution in [3.05, 3.63) is 29.8 Å². The molecule has 1 aliphatic rings. The molecule has 10 heteroatoms. The van der Waals surface area contributed by atoms with Crippen molar-refractivity contribution in [3.63, 3.8) is 0 Å². The van der Waals surface area contributed by atoms with Crippen LogP contribution in [0.1, 0.15) is 40.2 Å². The summed E-state index contributed by atoms with van der Waals surface area (Å²) in [5, 5.41) is 2.52. The molecule has 160 valence electrons. The summed E-state index contributed by atoms with van der Waals surface area (Å²) in [5.41, 5.74) is -1.24. The van der Waals surface area contributed by atoms with Crippen molar-refractivity contribution in [1.82, 2.24) is 15.1 Å². The van der Waals surface area contributed by atoms with E-state index in [4.69, 9.17) is 0 Å². The van der Waals surface area contributed by atoms with E-state index in [0.29, 0.717) is 0 Å². The van der Waals surface area contributed by atoms with Gasteiger partial charge in [0, 0.05) is 12.1 Å². The highest BCUT2D eigenvalue weighted by Crippen LogP contribution is 2.31. The molecule has 1 aliphatic heterocycles. The second kappa shape index (κ2) is 7.92. The molecule has 1 aromatic carbocycles. The fourth-order valence-electron chi connectivity index (χ4n) is 3.42. The van der Waals surface area contributed by atoms with Gasteiger partial charge >= 0.3 is 12.4 Å². The van der Waals surface area contributed by atoms with E-state index in [-0.39, 0.29) is 23.6 Å². The van der Waals surface area contributed by atoms with Crippen LogP contribution in [0.4, 0.5) is 18.0 Å². The molecular formula is C19H24F3N3O4. The number of ether oxygens (including phenoxy) is 1. The quantitative estimate of drug-likeness (QED) is 0.725. The second-order valence-corrected chi connectivity index (χ2v) is 7.51. The highest BCUT2D eigenvalue weighted by atomic mass is 19.4. The van der Waals surface area contributed by atoms with Crippen molar-refractivity contribution in [1.29, 1.82) is 0 Å². The standard InChI is InChI=1S/C19H24F3N3O4/c1-11(2)25(12(3)4)15(26)10-24-16(27)18(5,23-17(24)28)13-6-8-14(9-7-13)29-19(20,21)22/h6-9,11-12H,10H2,1-5H3,(H,23,28). The number of hydrogen-bond acceptors (Lipinski definition) is 4. The number of nitrogens with zero attached hydrogens (tertiary/aromatic N) is 2. The van der Waals surface area contributed by atoms with Gasteiger partial charge in [0.15, 0.2) is 0 Å². The number of hydrogen-bond donors (Lipinski definition) is 1. The predicted octanol–water partition coefficient (Wildman–Crippen LogP) is 3.00. The Labute approximate surface area is 166 Å². The molecule has 1 aromatic rings. The average molecular weight is 415 g/mol. The van der Waals surface area contributed by atoms with Gasteiger partial charge in [-0.2, -0.15) is 0 Å². The first-order valence-electron chi connectivity index (χ1n) is 9.08. The van der Waals surface area contributed by atoms with Crippen molar-refractivity contribution in [2.24, 2.45) is 0 Å². The Morgan fingerprint density at radius 2 is 1.66 bits per heavy atom. The Morgan fingerprint density at radius 3 is 2.10 bits per heavy atom. The molecule has 0 bridgehead atoms. The molecule has 0 aromatic heterocycles. The van der Waals surface area contributed by atoms with Crippen LogP contribution in [0.25, 0.3) is 0 Å². The SMILES string of the molecule is CC(C)N(C(=O)CN1C(=O)NC(C)(c2ccc(OC(F)(F)F)cc2)C1=O)C(C)C. The third kappa shape index (κ3) is 4.80. The number of carbonyl (C=O) groups excluding carboxylic acids is 3. The van der Waals surface area contributed by atoms with Crippen LogP contribution >= 0.6 is 0 Å². The Bertz CT molecular complexity index is 785. The molecule has 1 fully saturated rings. The molecule has 1 heterocycles. The van der Waals surface area contributed by atoms with Gasteiger partial charge in [-0.05, 0) is 52.3 Å². The maximum atomic E-state index is 12.9. The van der Waals surface area contributed by atoms with Gasteiger partial charge < -0.3 is 15.0 Å². The summed E-state index contributed by atoms with van der Waals surface area (Å²) in [5.74, 6) is -1.48. The smallest absolute Gasteiger partial charge is 0.406 e. The molecule has 0 radical (unpaired) electrons. The molecule has 1 atom stereocenters. The highest BCUT2D eigenvalue weighted by molar-refractivity contribution is 6.09. The Balaban J connectivity index is 2.21. The normalized spacial score (nSPS) is 19.7. The van der Waals surface area contributed by atoms with Gasteiger partial charge in [-0.15, -0.1) is 13.2 Å². The molecule has 2 rings (SSSR count). The minimum Gasteiger partial charge on any atom is -0.406 e. The maximum Gasteiger partial charge on any atom is 0.573 e. The van der Waals surface area contributed by atoms with Crippen molar-refractivity contribution < 1.29 is 32.3 Å². The van der Waals surface area contributed by atoms with Crippen LogP contribution in [0.5, 0.6) is 5.75 Å². The summed E-state index contributed by atoms with van der Waals surface area (Å²) in [4.78, 5) is 40.3. The molecule has 4 amide bonds. The number of urea groups is 1. The zero-order valence-electron chi connectivity index (χ0n) is 16.8. The fourth-order valence-corrected chi connectivity index (χ4v) is 3.42. The van der Waals surface area contributed by atoms with Gasteiger partial charge in [0.1, 0.15) is 17.8 Å². The molecule has 0 saturated carbocycles. The van der Waals surface area contributed by atoms with Gasteiger partial charge in [0.2, 0.25) is 5.91 Å². The van der Waals surface area contributed by atoms with Crippen LogP contribution in [-0.4, -0.2) is 52.6 Å². The molecule has 0 aliphatic carbocycles. The molecule has 1 unspecified atom stereocenters. The van der Waals surface area contributed by atoms with Crippen LogP contribution < -0.4 is 10.1 Å². The Hall–Kier alpha value is -2.78. The van der Waals surface area contributed by atoms with E-state index in [1.54, 1.807) is 4.90 Å². The number of halogens is 3. The third-order valence-corrected chi connectivity index (χ3v) is 4.63. The van der Waals surface area contributed by atoms with Crippen molar-refractivity contribution >= 4 is 17.8 Å². The number of alkyl halides is 3. The average Bonchev–Trinajstić information content (AvgIpc) is 2.77. The molecule has 0 spiro atoms. The minimum atomic E-state index is -4.83. The highest BCUT2D eigenvalue weighted by Gasteiger charge is 2.50. The lowest BCUT2D eigenvalue weighted by Gasteiger charge is -2.32. The van der Waals surface area contributed by atoms with Gasteiger partial charge in [-0.3, -0.25) is 14.5 Å². The number of rotatable bonds is 6. The number of imide groups is 1. The lowest BCUT2D eigenvalue weighted by atomic mass is 9.92. The largest absolute Gasteiger partial charge is 0.573 e. The van der Waals surface area contributed by atoms with Crippen molar-refractivity contribution in [3.8, 4) is 5.75 Å². The molecule has 29 heavy (non-hydrogen) atoms. The Morgan fingerprint density at radius 1 is 1.14 bits per heavy atom. The summed E-state index contributed by atoms with van der Waals surface area (Å²) < 4.78 is 40.7. The summed E-state index contributed by atoms with van der Waals surface area (Å²) in [6.07, 6.45) is -4.83. The zero-order chi connectivity index (χ0) is 22.1. The van der Waals surface area contributed by atoms with Crippen molar-refractivity contribution in [2.75, 3.05) is 6.54 Å². The van der Waals surface area contributed by atoms with E-state index >= 15 is 0 Å². The zero-order valence-corrected chi connectivity index (χ0v) is 16.8. The van der Waals surface area contributed by atoms with Crippen molar-refractivity contribution in [2.45, 2.75) is 58.6 Å². The molecule has 1 N–H and O–H groups in total. The van der Waals surface area contributed by atoms with Crippen LogP contribution in [0.2, 0.25) is 0 Å². The van der Waals surface area contributed by atoms with Crippen LogP contribution in [0.3, 0.4) is 0 Å². The van der Waals surface area contributed by atoms with Crippen LogP contribution in [0, 0.1) is 0 Å². The van der Waals surface area contributed by atoms with Gasteiger partial charge in [-0.1, -0.05) is 12.1 Å². The van der Waals surface area contributed by atoms with Crippen LogP contribution in [0.15, 0.2) is 24.3 Å². The number of amides is 4. The van der Waals surface area contributed by atoms with E-state index < -0.39 is 36.1 Å². The maximum absolute atomic E-state index is 12.9. The summed E-state index contributed by atoms with van der Waals surface area (Å²) in [6.45, 7) is 8.33. The van der Waals surface area contributed by atoms with E-state index in [2.05, 4.69) is 10.1 Å². The predicted molar refractivity (Wildman–Crippen MR) is 97.8 cm³/mol. The van der Waals surface area contributed by atoms with E-state index in [9.17, 15) is 27.6 Å². The summed E-state index contributed by atoms with van der Waals surface area (Å²) in [6, 6.07) is 3.67. The first-order valence-corrected chi connectivity index (χ1v) is 9.08. The molecule has 7 nitrogen and oxygen atoms in total. The summed E-state index contributed by atoms with van der Waals surface area (Å²) >= 11 is 0. The van der Waals surface area contributed by atoms with E-state index in [1.165, 1.54) is 19.1 Å². The number of carbonyl (C=O) groups is 3. The number of nitrogens with one attached hydrogen (secondary N) is 1. The fraction of sp³-hybridized carbons (Fsp3) is 0.526. The lowest BCUT2D eigenvalue weighted by molar-refractivity contribution is -0.274. The van der Waals surface area contributed by atoms with Gasteiger partial charge in [0.25, 0.3) is 5.91 Å². The lowest BCUT2D eigenvalue weighted by Crippen LogP contribution is -2.49. The van der Waals surface area contributed by atoms with E-state index in [0.717, 1.165) is 17.0 Å². The first kappa shape index (κ1) is 22.5. The first-order chi connectivity index (χ1) is 13.3. The third-order valence-electron chi connectivity index (χ3n) is 4.63. The summed E-state index contributed by atoms with van der Waals surface area (Å²) in [7, 11) is 0.